The monoisotopic (exact) mass is 415 g/mol. The Morgan fingerprint density at radius 2 is 1.86 bits per heavy atom. The van der Waals surface area contributed by atoms with Crippen LogP contribution in [0.5, 0.6) is 0 Å². The summed E-state index contributed by atoms with van der Waals surface area (Å²) in [7, 11) is 0. The van der Waals surface area contributed by atoms with Gasteiger partial charge in [-0.05, 0) is 79.2 Å². The third-order valence-corrected chi connectivity index (χ3v) is 4.26. The minimum Gasteiger partial charge on any atom is -0.318 e. The molecule has 2 rings (SSSR count). The quantitative estimate of drug-likeness (QED) is 0.500. The van der Waals surface area contributed by atoms with E-state index in [1.54, 1.807) is 6.07 Å². The molecule has 118 valence electrons. The van der Waals surface area contributed by atoms with Gasteiger partial charge in [0, 0.05) is 15.2 Å². The van der Waals surface area contributed by atoms with Crippen molar-refractivity contribution in [3.63, 3.8) is 0 Å². The van der Waals surface area contributed by atoms with E-state index in [1.807, 2.05) is 19.1 Å². The van der Waals surface area contributed by atoms with E-state index in [4.69, 9.17) is 0 Å². The third-order valence-electron chi connectivity index (χ3n) is 3.59. The van der Waals surface area contributed by atoms with Crippen LogP contribution in [0.15, 0.2) is 18.2 Å². The highest BCUT2D eigenvalue weighted by atomic mass is 127. The Morgan fingerprint density at radius 1 is 1.18 bits per heavy atom. The van der Waals surface area contributed by atoms with Gasteiger partial charge in [-0.15, -0.1) is 0 Å². The van der Waals surface area contributed by atoms with Gasteiger partial charge < -0.3 is 10.6 Å². The van der Waals surface area contributed by atoms with Gasteiger partial charge in [-0.1, -0.05) is 0 Å². The summed E-state index contributed by atoms with van der Waals surface area (Å²) in [5.41, 5.74) is 1.42. The molecule has 1 aromatic rings. The summed E-state index contributed by atoms with van der Waals surface area (Å²) in [6.07, 6.45) is 1.36. The van der Waals surface area contributed by atoms with Crippen LogP contribution in [0.3, 0.4) is 0 Å². The van der Waals surface area contributed by atoms with Crippen molar-refractivity contribution >= 4 is 46.0 Å². The van der Waals surface area contributed by atoms with Crippen molar-refractivity contribution in [1.29, 1.82) is 0 Å². The van der Waals surface area contributed by atoms with Gasteiger partial charge in [0.1, 0.15) is 0 Å². The molecule has 1 heterocycles. The average Bonchev–Trinajstić information content (AvgIpc) is 2.50. The molecule has 1 aliphatic rings. The fourth-order valence-electron chi connectivity index (χ4n) is 2.30. The molecular weight excluding hydrogens is 397 g/mol. The molecule has 1 aromatic carbocycles. The number of nitrogens with one attached hydrogen (secondary N) is 3. The van der Waals surface area contributed by atoms with E-state index < -0.39 is 11.8 Å². The predicted octanol–water partition coefficient (Wildman–Crippen LogP) is 1.18. The standard InChI is InChI=1S/C15H18IN3O3/c1-9-8-11(16)2-3-12(9)18-14(21)15(22)19-13(20)10-4-6-17-7-5-10/h2-3,8,10,17H,4-7H2,1H3,(H,18,21)(H,19,20,22). The van der Waals surface area contributed by atoms with Crippen LogP contribution >= 0.6 is 22.6 Å². The van der Waals surface area contributed by atoms with Crippen LogP contribution in [0.2, 0.25) is 0 Å². The van der Waals surface area contributed by atoms with Gasteiger partial charge >= 0.3 is 11.8 Å². The molecule has 1 aliphatic heterocycles. The van der Waals surface area contributed by atoms with Crippen LogP contribution in [0.1, 0.15) is 18.4 Å². The van der Waals surface area contributed by atoms with Crippen molar-refractivity contribution in [3.05, 3.63) is 27.3 Å². The van der Waals surface area contributed by atoms with Crippen molar-refractivity contribution in [2.24, 2.45) is 5.92 Å². The van der Waals surface area contributed by atoms with E-state index in [-0.39, 0.29) is 11.8 Å². The number of hydrogen-bond donors (Lipinski definition) is 3. The Hall–Kier alpha value is -1.48. The Labute approximate surface area is 142 Å². The smallest absolute Gasteiger partial charge is 0.316 e. The largest absolute Gasteiger partial charge is 0.318 e. The van der Waals surface area contributed by atoms with E-state index in [9.17, 15) is 14.4 Å². The van der Waals surface area contributed by atoms with Crippen LogP contribution in [-0.4, -0.2) is 30.8 Å². The van der Waals surface area contributed by atoms with Gasteiger partial charge in [0.15, 0.2) is 0 Å². The molecule has 0 unspecified atom stereocenters. The molecule has 3 amide bonds. The highest BCUT2D eigenvalue weighted by molar-refractivity contribution is 14.1. The van der Waals surface area contributed by atoms with Gasteiger partial charge in [0.05, 0.1) is 0 Å². The molecule has 7 heteroatoms. The SMILES string of the molecule is Cc1cc(I)ccc1NC(=O)C(=O)NC(=O)C1CCNCC1. The summed E-state index contributed by atoms with van der Waals surface area (Å²) in [5, 5.41) is 7.85. The molecule has 0 bridgehead atoms. The summed E-state index contributed by atoms with van der Waals surface area (Å²) in [6, 6.07) is 5.46. The first-order valence-electron chi connectivity index (χ1n) is 7.10. The van der Waals surface area contributed by atoms with Crippen LogP contribution in [0.4, 0.5) is 5.69 Å². The molecule has 0 aliphatic carbocycles. The van der Waals surface area contributed by atoms with Crippen molar-refractivity contribution in [1.82, 2.24) is 10.6 Å². The maximum atomic E-state index is 11.9. The Morgan fingerprint density at radius 3 is 2.50 bits per heavy atom. The Balaban J connectivity index is 1.91. The number of anilines is 1. The summed E-state index contributed by atoms with van der Waals surface area (Å²) in [6.45, 7) is 3.34. The fourth-order valence-corrected chi connectivity index (χ4v) is 2.95. The lowest BCUT2D eigenvalue weighted by Crippen LogP contribution is -2.44. The molecule has 6 nitrogen and oxygen atoms in total. The zero-order chi connectivity index (χ0) is 16.1. The highest BCUT2D eigenvalue weighted by Gasteiger charge is 2.25. The molecule has 1 fully saturated rings. The van der Waals surface area contributed by atoms with Crippen LogP contribution in [0, 0.1) is 16.4 Å². The van der Waals surface area contributed by atoms with Gasteiger partial charge in [0.2, 0.25) is 5.91 Å². The van der Waals surface area contributed by atoms with Gasteiger partial charge in [-0.3, -0.25) is 19.7 Å². The first-order valence-corrected chi connectivity index (χ1v) is 8.18. The Kier molecular flexibility index (Phi) is 5.90. The number of piperidine rings is 1. The molecule has 0 atom stereocenters. The molecule has 0 spiro atoms. The number of carbonyl (C=O) groups excluding carboxylic acids is 3. The Bertz CT molecular complexity index is 598. The molecule has 0 saturated carbocycles. The van der Waals surface area contributed by atoms with Crippen molar-refractivity contribution in [3.8, 4) is 0 Å². The second-order valence-corrected chi connectivity index (χ2v) is 6.50. The molecule has 22 heavy (non-hydrogen) atoms. The minimum absolute atomic E-state index is 0.210. The lowest BCUT2D eigenvalue weighted by Gasteiger charge is -2.21. The predicted molar refractivity (Wildman–Crippen MR) is 91.3 cm³/mol. The number of hydrogen-bond acceptors (Lipinski definition) is 4. The first kappa shape index (κ1) is 16.9. The highest BCUT2D eigenvalue weighted by Crippen LogP contribution is 2.17. The molecule has 0 radical (unpaired) electrons. The number of benzene rings is 1. The third kappa shape index (κ3) is 4.51. The first-order chi connectivity index (χ1) is 10.5. The van der Waals surface area contributed by atoms with Gasteiger partial charge in [0.25, 0.3) is 0 Å². The minimum atomic E-state index is -0.915. The van der Waals surface area contributed by atoms with Crippen LogP contribution in [0.25, 0.3) is 0 Å². The summed E-state index contributed by atoms with van der Waals surface area (Å²) < 4.78 is 1.04. The average molecular weight is 415 g/mol. The van der Waals surface area contributed by atoms with E-state index in [0.29, 0.717) is 18.5 Å². The topological polar surface area (TPSA) is 87.3 Å². The molecule has 3 N–H and O–H groups in total. The normalized spacial score (nSPS) is 15.2. The number of halogens is 1. The van der Waals surface area contributed by atoms with E-state index >= 15 is 0 Å². The number of rotatable bonds is 2. The van der Waals surface area contributed by atoms with Crippen molar-refractivity contribution in [2.75, 3.05) is 18.4 Å². The summed E-state index contributed by atoms with van der Waals surface area (Å²) >= 11 is 2.17. The second-order valence-electron chi connectivity index (χ2n) is 5.26. The zero-order valence-corrected chi connectivity index (χ0v) is 14.4. The van der Waals surface area contributed by atoms with E-state index in [1.165, 1.54) is 0 Å². The lowest BCUT2D eigenvalue weighted by atomic mass is 9.97. The van der Waals surface area contributed by atoms with Crippen molar-refractivity contribution < 1.29 is 14.4 Å². The second kappa shape index (κ2) is 7.68. The van der Waals surface area contributed by atoms with Crippen molar-refractivity contribution in [2.45, 2.75) is 19.8 Å². The molecule has 1 saturated heterocycles. The summed E-state index contributed by atoms with van der Waals surface area (Å²) in [5.74, 6) is -2.33. The molecule has 0 aromatic heterocycles. The number of carbonyl (C=O) groups is 3. The molecular formula is C15H18IN3O3. The van der Waals surface area contributed by atoms with Crippen LogP contribution < -0.4 is 16.0 Å². The lowest BCUT2D eigenvalue weighted by molar-refractivity contribution is -0.141. The fraction of sp³-hybridized carbons (Fsp3) is 0.400. The van der Waals surface area contributed by atoms with E-state index in [0.717, 1.165) is 22.2 Å². The van der Waals surface area contributed by atoms with Gasteiger partial charge in [-0.2, -0.15) is 0 Å². The summed E-state index contributed by atoms with van der Waals surface area (Å²) in [4.78, 5) is 35.6. The van der Waals surface area contributed by atoms with Gasteiger partial charge in [-0.25, -0.2) is 0 Å². The number of imide groups is 1. The maximum absolute atomic E-state index is 11.9. The van der Waals surface area contributed by atoms with Crippen LogP contribution in [-0.2, 0) is 14.4 Å². The number of aryl methyl sites for hydroxylation is 1. The number of amides is 3. The zero-order valence-electron chi connectivity index (χ0n) is 12.2. The van der Waals surface area contributed by atoms with E-state index in [2.05, 4.69) is 38.5 Å². The maximum Gasteiger partial charge on any atom is 0.316 e.